The van der Waals surface area contributed by atoms with Gasteiger partial charge in [-0.1, -0.05) is 13.8 Å². The fourth-order valence-electron chi connectivity index (χ4n) is 3.27. The maximum absolute atomic E-state index is 3.46. The molecule has 0 bridgehead atoms. The average molecular weight is 196 g/mol. The summed E-state index contributed by atoms with van der Waals surface area (Å²) in [5, 5.41) is 3.46. The Balaban J connectivity index is 1.95. The van der Waals surface area contributed by atoms with E-state index in [0.717, 1.165) is 18.0 Å². The first-order valence-corrected chi connectivity index (χ1v) is 6.29. The number of hydrogen-bond donors (Lipinski definition) is 1. The summed E-state index contributed by atoms with van der Waals surface area (Å²) in [7, 11) is 0. The zero-order valence-corrected chi connectivity index (χ0v) is 9.63. The highest BCUT2D eigenvalue weighted by atomic mass is 15.2. The van der Waals surface area contributed by atoms with Crippen LogP contribution in [0, 0.1) is 5.92 Å². The lowest BCUT2D eigenvalue weighted by Gasteiger charge is -2.36. The molecule has 0 aromatic heterocycles. The number of hydrogen-bond acceptors (Lipinski definition) is 2. The van der Waals surface area contributed by atoms with Gasteiger partial charge in [-0.25, -0.2) is 0 Å². The quantitative estimate of drug-likeness (QED) is 0.725. The molecule has 2 fully saturated rings. The van der Waals surface area contributed by atoms with Gasteiger partial charge >= 0.3 is 0 Å². The summed E-state index contributed by atoms with van der Waals surface area (Å²) in [6, 6.07) is 1.75. The maximum atomic E-state index is 3.46. The van der Waals surface area contributed by atoms with Crippen LogP contribution in [-0.2, 0) is 0 Å². The van der Waals surface area contributed by atoms with Crippen molar-refractivity contribution in [2.75, 3.05) is 19.6 Å². The molecule has 2 heteroatoms. The topological polar surface area (TPSA) is 15.3 Å². The number of rotatable bonds is 2. The Bertz CT molecular complexity index is 175. The van der Waals surface area contributed by atoms with Crippen molar-refractivity contribution in [3.05, 3.63) is 0 Å². The molecule has 1 N–H and O–H groups in total. The van der Waals surface area contributed by atoms with Crippen LogP contribution in [0.4, 0.5) is 0 Å². The molecule has 2 saturated heterocycles. The minimum atomic E-state index is 0.873. The predicted molar refractivity (Wildman–Crippen MR) is 60.5 cm³/mol. The lowest BCUT2D eigenvalue weighted by molar-refractivity contribution is 0.132. The smallest absolute Gasteiger partial charge is 0.0122 e. The average Bonchev–Trinajstić information content (AvgIpc) is 2.61. The minimum Gasteiger partial charge on any atom is -0.317 e. The van der Waals surface area contributed by atoms with Crippen LogP contribution in [-0.4, -0.2) is 36.6 Å². The van der Waals surface area contributed by atoms with Gasteiger partial charge in [-0.3, -0.25) is 4.90 Å². The molecule has 0 saturated carbocycles. The molecule has 0 aliphatic carbocycles. The van der Waals surface area contributed by atoms with Gasteiger partial charge in [0.05, 0.1) is 0 Å². The van der Waals surface area contributed by atoms with E-state index in [4.69, 9.17) is 0 Å². The van der Waals surface area contributed by atoms with Gasteiger partial charge in [0.2, 0.25) is 0 Å². The molecule has 14 heavy (non-hydrogen) atoms. The normalized spacial score (nSPS) is 36.4. The van der Waals surface area contributed by atoms with Gasteiger partial charge in [0, 0.05) is 12.1 Å². The molecule has 0 spiro atoms. The second-order valence-electron chi connectivity index (χ2n) is 4.96. The molecule has 2 rings (SSSR count). The molecule has 2 aliphatic rings. The number of likely N-dealkylation sites (tertiary alicyclic amines) is 1. The van der Waals surface area contributed by atoms with Gasteiger partial charge in [-0.2, -0.15) is 0 Å². The van der Waals surface area contributed by atoms with Crippen molar-refractivity contribution in [2.45, 2.75) is 51.6 Å². The van der Waals surface area contributed by atoms with Gasteiger partial charge in [-0.15, -0.1) is 0 Å². The first kappa shape index (κ1) is 10.4. The second-order valence-corrected chi connectivity index (χ2v) is 4.96. The highest BCUT2D eigenvalue weighted by Gasteiger charge is 2.34. The molecule has 2 nitrogen and oxygen atoms in total. The Kier molecular flexibility index (Phi) is 3.45. The highest BCUT2D eigenvalue weighted by molar-refractivity contribution is 4.89. The molecule has 0 aromatic rings. The molecule has 2 aliphatic heterocycles. The second kappa shape index (κ2) is 4.63. The van der Waals surface area contributed by atoms with Crippen LogP contribution in [0.3, 0.4) is 0 Å². The zero-order valence-electron chi connectivity index (χ0n) is 9.63. The van der Waals surface area contributed by atoms with Crippen molar-refractivity contribution in [3.63, 3.8) is 0 Å². The summed E-state index contributed by atoms with van der Waals surface area (Å²) in [5.41, 5.74) is 0. The Labute approximate surface area is 88.1 Å². The van der Waals surface area contributed by atoms with Gasteiger partial charge in [0.1, 0.15) is 0 Å². The predicted octanol–water partition coefficient (Wildman–Crippen LogP) is 1.86. The molecule has 2 atom stereocenters. The fraction of sp³-hybridized carbons (Fsp3) is 1.00. The van der Waals surface area contributed by atoms with Crippen molar-refractivity contribution in [3.8, 4) is 0 Å². The van der Waals surface area contributed by atoms with E-state index in [1.807, 2.05) is 0 Å². The zero-order chi connectivity index (χ0) is 9.97. The Morgan fingerprint density at radius 2 is 1.93 bits per heavy atom. The first-order chi connectivity index (χ1) is 6.83. The van der Waals surface area contributed by atoms with E-state index >= 15 is 0 Å². The third kappa shape index (κ3) is 1.96. The van der Waals surface area contributed by atoms with Crippen molar-refractivity contribution in [1.82, 2.24) is 10.2 Å². The van der Waals surface area contributed by atoms with E-state index in [1.54, 1.807) is 0 Å². The number of piperidine rings is 1. The van der Waals surface area contributed by atoms with Crippen molar-refractivity contribution < 1.29 is 0 Å². The summed E-state index contributed by atoms with van der Waals surface area (Å²) in [4.78, 5) is 2.80. The molecule has 2 heterocycles. The van der Waals surface area contributed by atoms with E-state index in [2.05, 4.69) is 24.1 Å². The van der Waals surface area contributed by atoms with Crippen LogP contribution in [0.25, 0.3) is 0 Å². The van der Waals surface area contributed by atoms with Gasteiger partial charge in [-0.05, 0) is 51.2 Å². The fourth-order valence-corrected chi connectivity index (χ4v) is 3.27. The lowest BCUT2D eigenvalue weighted by Crippen LogP contribution is -2.46. The van der Waals surface area contributed by atoms with Crippen LogP contribution < -0.4 is 5.32 Å². The third-order valence-electron chi connectivity index (χ3n) is 4.12. The molecule has 0 radical (unpaired) electrons. The molecule has 0 aromatic carbocycles. The minimum absolute atomic E-state index is 0.873. The van der Waals surface area contributed by atoms with Crippen molar-refractivity contribution in [2.24, 2.45) is 5.92 Å². The first-order valence-electron chi connectivity index (χ1n) is 6.29. The van der Waals surface area contributed by atoms with Crippen LogP contribution in [0.15, 0.2) is 0 Å². The molecular formula is C12H24N2. The molecule has 2 unspecified atom stereocenters. The number of nitrogens with one attached hydrogen (secondary N) is 1. The lowest BCUT2D eigenvalue weighted by atomic mass is 9.98. The monoisotopic (exact) mass is 196 g/mol. The Hall–Kier alpha value is -0.0800. The molecule has 82 valence electrons. The van der Waals surface area contributed by atoms with Crippen molar-refractivity contribution in [1.29, 1.82) is 0 Å². The highest BCUT2D eigenvalue weighted by Crippen LogP contribution is 2.30. The Morgan fingerprint density at radius 1 is 1.21 bits per heavy atom. The van der Waals surface area contributed by atoms with Gasteiger partial charge in [0.15, 0.2) is 0 Å². The molecular weight excluding hydrogens is 172 g/mol. The SMILES string of the molecule is CCC1C(C)CCN1C1CCNCC1. The van der Waals surface area contributed by atoms with Crippen LogP contribution >= 0.6 is 0 Å². The Morgan fingerprint density at radius 3 is 2.57 bits per heavy atom. The summed E-state index contributed by atoms with van der Waals surface area (Å²) in [5.74, 6) is 0.926. The van der Waals surface area contributed by atoms with E-state index in [9.17, 15) is 0 Å². The van der Waals surface area contributed by atoms with Gasteiger partial charge < -0.3 is 5.32 Å². The van der Waals surface area contributed by atoms with Crippen molar-refractivity contribution >= 4 is 0 Å². The third-order valence-corrected chi connectivity index (χ3v) is 4.12. The van der Waals surface area contributed by atoms with Crippen LogP contribution in [0.5, 0.6) is 0 Å². The largest absolute Gasteiger partial charge is 0.317 e. The maximum Gasteiger partial charge on any atom is 0.0122 e. The van der Waals surface area contributed by atoms with E-state index in [-0.39, 0.29) is 0 Å². The number of nitrogens with zero attached hydrogens (tertiary/aromatic N) is 1. The van der Waals surface area contributed by atoms with E-state index in [0.29, 0.717) is 0 Å². The van der Waals surface area contributed by atoms with Crippen LogP contribution in [0.1, 0.15) is 39.5 Å². The summed E-state index contributed by atoms with van der Waals surface area (Å²) >= 11 is 0. The summed E-state index contributed by atoms with van der Waals surface area (Å²) in [6.07, 6.45) is 5.49. The molecule has 0 amide bonds. The van der Waals surface area contributed by atoms with Gasteiger partial charge in [0.25, 0.3) is 0 Å². The van der Waals surface area contributed by atoms with E-state index in [1.165, 1.54) is 45.3 Å². The standard InChI is InChI=1S/C12H24N2/c1-3-12-10(2)6-9-14(12)11-4-7-13-8-5-11/h10-13H,3-9H2,1-2H3. The van der Waals surface area contributed by atoms with Crippen LogP contribution in [0.2, 0.25) is 0 Å². The van der Waals surface area contributed by atoms with E-state index < -0.39 is 0 Å². The summed E-state index contributed by atoms with van der Waals surface area (Å²) in [6.45, 7) is 8.58. The summed E-state index contributed by atoms with van der Waals surface area (Å²) < 4.78 is 0.